The molecule has 0 aromatic rings. The van der Waals surface area contributed by atoms with Gasteiger partial charge in [0.1, 0.15) is 0 Å². The molecule has 2 rings (SSSR count). The van der Waals surface area contributed by atoms with Crippen molar-refractivity contribution in [2.75, 3.05) is 45.9 Å². The fourth-order valence-electron chi connectivity index (χ4n) is 2.70. The number of carbonyl (C=O) groups is 1. The number of halogens is 2. The number of amides is 1. The van der Waals surface area contributed by atoms with Gasteiger partial charge in [-0.3, -0.25) is 9.69 Å². The Hall–Kier alpha value is -0.0700. The van der Waals surface area contributed by atoms with Crippen LogP contribution in [-0.2, 0) is 9.53 Å². The minimum Gasteiger partial charge on any atom is -0.379 e. The van der Waals surface area contributed by atoms with Crippen molar-refractivity contribution in [2.24, 2.45) is 0 Å². The minimum absolute atomic E-state index is 0. The Morgan fingerprint density at radius 2 is 1.95 bits per heavy atom. The summed E-state index contributed by atoms with van der Waals surface area (Å²) >= 11 is 0. The van der Waals surface area contributed by atoms with Gasteiger partial charge in [-0.2, -0.15) is 0 Å². The van der Waals surface area contributed by atoms with Crippen LogP contribution in [0.5, 0.6) is 0 Å². The van der Waals surface area contributed by atoms with E-state index in [9.17, 15) is 4.79 Å². The van der Waals surface area contributed by atoms with Gasteiger partial charge in [0.05, 0.1) is 19.3 Å². The number of ether oxygens (including phenoxy) is 1. The summed E-state index contributed by atoms with van der Waals surface area (Å²) in [4.78, 5) is 14.3. The Bertz CT molecular complexity index is 271. The molecule has 2 aliphatic rings. The van der Waals surface area contributed by atoms with Gasteiger partial charge in [-0.1, -0.05) is 6.42 Å². The molecule has 0 bridgehead atoms. The zero-order chi connectivity index (χ0) is 13.3. The number of nitrogens with one attached hydrogen (secondary N) is 2. The Labute approximate surface area is 140 Å². The number of rotatable bonds is 6. The summed E-state index contributed by atoms with van der Waals surface area (Å²) in [5.74, 6) is 0.186. The highest BCUT2D eigenvalue weighted by Crippen LogP contribution is 2.06. The maximum Gasteiger partial charge on any atom is 0.237 e. The quantitative estimate of drug-likeness (QED) is 0.713. The Balaban J connectivity index is 0.00000200. The van der Waals surface area contributed by atoms with Gasteiger partial charge in [0.15, 0.2) is 0 Å². The van der Waals surface area contributed by atoms with Gasteiger partial charge in [-0.25, -0.2) is 0 Å². The molecule has 0 aromatic carbocycles. The van der Waals surface area contributed by atoms with E-state index < -0.39 is 0 Å². The van der Waals surface area contributed by atoms with Crippen LogP contribution in [0, 0.1) is 0 Å². The number of hydrogen-bond acceptors (Lipinski definition) is 4. The second-order valence-corrected chi connectivity index (χ2v) is 5.45. The maximum atomic E-state index is 11.9. The molecule has 0 unspecified atom stereocenters. The van der Waals surface area contributed by atoms with Crippen molar-refractivity contribution >= 4 is 30.7 Å². The van der Waals surface area contributed by atoms with Gasteiger partial charge in [0.25, 0.3) is 0 Å². The minimum atomic E-state index is 0. The van der Waals surface area contributed by atoms with Crippen molar-refractivity contribution in [1.29, 1.82) is 0 Å². The molecule has 2 aliphatic heterocycles. The summed E-state index contributed by atoms with van der Waals surface area (Å²) in [6.45, 7) is 6.75. The van der Waals surface area contributed by atoms with Crippen LogP contribution in [0.25, 0.3) is 0 Å². The molecule has 7 heteroatoms. The molecule has 0 aromatic heterocycles. The Morgan fingerprint density at radius 1 is 1.19 bits per heavy atom. The molecule has 126 valence electrons. The first-order chi connectivity index (χ1) is 9.36. The zero-order valence-corrected chi connectivity index (χ0v) is 14.3. The third-order valence-corrected chi connectivity index (χ3v) is 3.93. The summed E-state index contributed by atoms with van der Waals surface area (Å²) < 4.78 is 5.32. The standard InChI is InChI=1S/C14H27N3O2.2ClH/c18-14(13-5-1-2-6-15-13)16-7-3-4-8-17-9-11-19-12-10-17;;/h13,15H,1-12H2,(H,16,18);2*1H/t13-;;/m1../s1. The number of carbonyl (C=O) groups excluding carboxylic acids is 1. The summed E-state index contributed by atoms with van der Waals surface area (Å²) in [5, 5.41) is 6.32. The molecular formula is C14H29Cl2N3O2. The van der Waals surface area contributed by atoms with Crippen LogP contribution in [0.2, 0.25) is 0 Å². The fourth-order valence-corrected chi connectivity index (χ4v) is 2.70. The second kappa shape index (κ2) is 12.5. The lowest BCUT2D eigenvalue weighted by Crippen LogP contribution is -2.46. The molecule has 0 radical (unpaired) electrons. The van der Waals surface area contributed by atoms with Crippen LogP contribution in [-0.4, -0.2) is 62.8 Å². The summed E-state index contributed by atoms with van der Waals surface area (Å²) in [7, 11) is 0. The SMILES string of the molecule is Cl.Cl.O=C(NCCCCN1CCOCC1)[C@H]1CCCCN1. The molecule has 1 atom stereocenters. The van der Waals surface area contributed by atoms with Crippen LogP contribution < -0.4 is 10.6 Å². The molecular weight excluding hydrogens is 313 g/mol. The second-order valence-electron chi connectivity index (χ2n) is 5.45. The number of nitrogens with zero attached hydrogens (tertiary/aromatic N) is 1. The number of unbranched alkanes of at least 4 members (excludes halogenated alkanes) is 1. The van der Waals surface area contributed by atoms with E-state index in [1.807, 2.05) is 0 Å². The first kappa shape index (κ1) is 20.9. The molecule has 0 aliphatic carbocycles. The van der Waals surface area contributed by atoms with E-state index in [0.29, 0.717) is 0 Å². The molecule has 0 saturated carbocycles. The van der Waals surface area contributed by atoms with Crippen molar-refractivity contribution in [3.8, 4) is 0 Å². The van der Waals surface area contributed by atoms with E-state index in [0.717, 1.165) is 65.2 Å². The van der Waals surface area contributed by atoms with Crippen LogP contribution in [0.3, 0.4) is 0 Å². The van der Waals surface area contributed by atoms with E-state index in [1.165, 1.54) is 12.8 Å². The van der Waals surface area contributed by atoms with Crippen LogP contribution >= 0.6 is 24.8 Å². The highest BCUT2D eigenvalue weighted by molar-refractivity contribution is 5.85. The van der Waals surface area contributed by atoms with Crippen molar-refractivity contribution in [3.05, 3.63) is 0 Å². The first-order valence-corrected chi connectivity index (χ1v) is 7.67. The normalized spacial score (nSPS) is 22.8. The molecule has 2 heterocycles. The number of morpholine rings is 1. The predicted molar refractivity (Wildman–Crippen MR) is 89.6 cm³/mol. The molecule has 0 spiro atoms. The fraction of sp³-hybridized carbons (Fsp3) is 0.929. The topological polar surface area (TPSA) is 53.6 Å². The lowest BCUT2D eigenvalue weighted by molar-refractivity contribution is -0.123. The third-order valence-electron chi connectivity index (χ3n) is 3.93. The average molecular weight is 342 g/mol. The van der Waals surface area contributed by atoms with Crippen LogP contribution in [0.1, 0.15) is 32.1 Å². The van der Waals surface area contributed by atoms with Gasteiger partial charge in [0, 0.05) is 19.6 Å². The number of piperidine rings is 1. The van der Waals surface area contributed by atoms with E-state index in [2.05, 4.69) is 15.5 Å². The van der Waals surface area contributed by atoms with Gasteiger partial charge in [-0.05, 0) is 38.8 Å². The van der Waals surface area contributed by atoms with Crippen LogP contribution in [0.4, 0.5) is 0 Å². The van der Waals surface area contributed by atoms with Crippen LogP contribution in [0.15, 0.2) is 0 Å². The molecule has 1 amide bonds. The number of hydrogen-bond donors (Lipinski definition) is 2. The van der Waals surface area contributed by atoms with E-state index >= 15 is 0 Å². The van der Waals surface area contributed by atoms with Crippen molar-refractivity contribution in [2.45, 2.75) is 38.1 Å². The van der Waals surface area contributed by atoms with Gasteiger partial charge in [0.2, 0.25) is 5.91 Å². The lowest BCUT2D eigenvalue weighted by Gasteiger charge is -2.26. The highest BCUT2D eigenvalue weighted by atomic mass is 35.5. The average Bonchev–Trinajstić information content (AvgIpc) is 2.49. The Kier molecular flexibility index (Phi) is 12.4. The van der Waals surface area contributed by atoms with E-state index in [4.69, 9.17) is 4.74 Å². The molecule has 2 N–H and O–H groups in total. The predicted octanol–water partition coefficient (Wildman–Crippen LogP) is 1.20. The Morgan fingerprint density at radius 3 is 2.62 bits per heavy atom. The molecule has 21 heavy (non-hydrogen) atoms. The monoisotopic (exact) mass is 341 g/mol. The van der Waals surface area contributed by atoms with Crippen molar-refractivity contribution < 1.29 is 9.53 Å². The lowest BCUT2D eigenvalue weighted by atomic mass is 10.0. The highest BCUT2D eigenvalue weighted by Gasteiger charge is 2.19. The molecule has 2 fully saturated rings. The molecule has 5 nitrogen and oxygen atoms in total. The van der Waals surface area contributed by atoms with Crippen molar-refractivity contribution in [1.82, 2.24) is 15.5 Å². The first-order valence-electron chi connectivity index (χ1n) is 7.67. The molecule has 2 saturated heterocycles. The van der Waals surface area contributed by atoms with Gasteiger partial charge >= 0.3 is 0 Å². The summed E-state index contributed by atoms with van der Waals surface area (Å²) in [6.07, 6.45) is 5.57. The zero-order valence-electron chi connectivity index (χ0n) is 12.6. The largest absolute Gasteiger partial charge is 0.379 e. The maximum absolute atomic E-state index is 11.9. The van der Waals surface area contributed by atoms with E-state index in [1.54, 1.807) is 0 Å². The van der Waals surface area contributed by atoms with Gasteiger partial charge < -0.3 is 15.4 Å². The van der Waals surface area contributed by atoms with Gasteiger partial charge in [-0.15, -0.1) is 24.8 Å². The van der Waals surface area contributed by atoms with E-state index in [-0.39, 0.29) is 36.8 Å². The smallest absolute Gasteiger partial charge is 0.237 e. The van der Waals surface area contributed by atoms with Crippen molar-refractivity contribution in [3.63, 3.8) is 0 Å². The summed E-state index contributed by atoms with van der Waals surface area (Å²) in [6, 6.07) is 0.0491. The summed E-state index contributed by atoms with van der Waals surface area (Å²) in [5.41, 5.74) is 0. The third kappa shape index (κ3) is 8.21.